The highest BCUT2D eigenvalue weighted by molar-refractivity contribution is 9.10. The van der Waals surface area contributed by atoms with E-state index in [1.165, 1.54) is 0 Å². The summed E-state index contributed by atoms with van der Waals surface area (Å²) < 4.78 is 7.64. The third kappa shape index (κ3) is 2.70. The molecule has 1 rings (SSSR count). The van der Waals surface area contributed by atoms with Gasteiger partial charge in [-0.2, -0.15) is 5.10 Å². The number of nitrogens with two attached hydrogens (primary N) is 1. The van der Waals surface area contributed by atoms with E-state index in [0.717, 1.165) is 17.6 Å². The number of aromatic nitrogens is 2. The summed E-state index contributed by atoms with van der Waals surface area (Å²) in [6, 6.07) is 0. The highest BCUT2D eigenvalue weighted by Gasteiger charge is 2.08. The Balaban J connectivity index is 2.58. The highest BCUT2D eigenvalue weighted by Crippen LogP contribution is 2.18. The summed E-state index contributed by atoms with van der Waals surface area (Å²) >= 11 is 3.31. The van der Waals surface area contributed by atoms with Crippen LogP contribution in [0.25, 0.3) is 0 Å². The molecule has 4 nitrogen and oxygen atoms in total. The van der Waals surface area contributed by atoms with Gasteiger partial charge in [0.1, 0.15) is 5.82 Å². The van der Waals surface area contributed by atoms with E-state index >= 15 is 0 Å². The standard InChI is InChI=1S/C8H14BrN3O/c1-6(5-13-2)4-12-8(10)7(9)3-11-12/h3,6H,4-5,10H2,1-2H3. The molecule has 74 valence electrons. The van der Waals surface area contributed by atoms with E-state index in [1.54, 1.807) is 18.0 Å². The molecule has 1 aromatic heterocycles. The lowest BCUT2D eigenvalue weighted by Gasteiger charge is -2.11. The van der Waals surface area contributed by atoms with Gasteiger partial charge in [0.15, 0.2) is 0 Å². The average molecular weight is 248 g/mol. The molecule has 2 N–H and O–H groups in total. The minimum Gasteiger partial charge on any atom is -0.384 e. The zero-order chi connectivity index (χ0) is 9.84. The number of methoxy groups -OCH3 is 1. The molecule has 5 heteroatoms. The molecular weight excluding hydrogens is 234 g/mol. The lowest BCUT2D eigenvalue weighted by molar-refractivity contribution is 0.150. The predicted octanol–water partition coefficient (Wildman–Crippen LogP) is 1.51. The van der Waals surface area contributed by atoms with Gasteiger partial charge in [-0.05, 0) is 21.8 Å². The van der Waals surface area contributed by atoms with E-state index in [-0.39, 0.29) is 0 Å². The molecule has 0 spiro atoms. The van der Waals surface area contributed by atoms with Crippen LogP contribution in [0.3, 0.4) is 0 Å². The molecule has 0 bridgehead atoms. The van der Waals surface area contributed by atoms with Crippen molar-refractivity contribution in [2.75, 3.05) is 19.5 Å². The molecule has 1 heterocycles. The first-order chi connectivity index (χ1) is 6.15. The molecule has 0 aliphatic rings. The molecule has 0 saturated carbocycles. The zero-order valence-electron chi connectivity index (χ0n) is 7.83. The number of anilines is 1. The number of ether oxygens (including phenoxy) is 1. The maximum atomic E-state index is 5.76. The Morgan fingerprint density at radius 3 is 2.92 bits per heavy atom. The number of nitrogens with zero attached hydrogens (tertiary/aromatic N) is 2. The molecule has 1 unspecified atom stereocenters. The summed E-state index contributed by atoms with van der Waals surface area (Å²) in [6.07, 6.45) is 1.70. The lowest BCUT2D eigenvalue weighted by atomic mass is 10.2. The monoisotopic (exact) mass is 247 g/mol. The van der Waals surface area contributed by atoms with Crippen LogP contribution in [-0.2, 0) is 11.3 Å². The van der Waals surface area contributed by atoms with E-state index in [0.29, 0.717) is 11.7 Å². The second-order valence-electron chi connectivity index (χ2n) is 3.12. The van der Waals surface area contributed by atoms with Crippen LogP contribution in [0.15, 0.2) is 10.7 Å². The van der Waals surface area contributed by atoms with Gasteiger partial charge in [0.2, 0.25) is 0 Å². The predicted molar refractivity (Wildman–Crippen MR) is 55.4 cm³/mol. The topological polar surface area (TPSA) is 53.1 Å². The van der Waals surface area contributed by atoms with Crippen molar-refractivity contribution in [2.24, 2.45) is 5.92 Å². The quantitative estimate of drug-likeness (QED) is 0.878. The van der Waals surface area contributed by atoms with E-state index in [4.69, 9.17) is 10.5 Å². The van der Waals surface area contributed by atoms with Crippen molar-refractivity contribution in [3.63, 3.8) is 0 Å². The van der Waals surface area contributed by atoms with Crippen LogP contribution in [0, 0.1) is 5.92 Å². The average Bonchev–Trinajstić information content (AvgIpc) is 2.37. The van der Waals surface area contributed by atoms with E-state index in [1.807, 2.05) is 0 Å². The van der Waals surface area contributed by atoms with Crippen molar-refractivity contribution >= 4 is 21.7 Å². The molecule has 0 radical (unpaired) electrons. The Morgan fingerprint density at radius 2 is 2.46 bits per heavy atom. The molecule has 1 atom stereocenters. The third-order valence-corrected chi connectivity index (χ3v) is 2.38. The first-order valence-electron chi connectivity index (χ1n) is 4.11. The van der Waals surface area contributed by atoms with Crippen molar-refractivity contribution in [3.8, 4) is 0 Å². The maximum absolute atomic E-state index is 5.76. The molecule has 0 aliphatic carbocycles. The summed E-state index contributed by atoms with van der Waals surface area (Å²) in [5.74, 6) is 1.09. The van der Waals surface area contributed by atoms with Gasteiger partial charge in [-0.25, -0.2) is 4.68 Å². The number of nitrogen functional groups attached to an aromatic ring is 1. The molecule has 0 saturated heterocycles. The second kappa shape index (κ2) is 4.62. The minimum absolute atomic E-state index is 0.416. The van der Waals surface area contributed by atoms with Crippen molar-refractivity contribution in [1.29, 1.82) is 0 Å². The van der Waals surface area contributed by atoms with Gasteiger partial charge in [-0.3, -0.25) is 0 Å². The normalized spacial score (nSPS) is 13.2. The van der Waals surface area contributed by atoms with Crippen molar-refractivity contribution < 1.29 is 4.74 Å². The summed E-state index contributed by atoms with van der Waals surface area (Å²) in [5.41, 5.74) is 5.76. The van der Waals surface area contributed by atoms with Crippen LogP contribution in [-0.4, -0.2) is 23.5 Å². The molecule has 13 heavy (non-hydrogen) atoms. The van der Waals surface area contributed by atoms with Crippen LogP contribution >= 0.6 is 15.9 Å². The zero-order valence-corrected chi connectivity index (χ0v) is 9.41. The summed E-state index contributed by atoms with van der Waals surface area (Å²) in [5, 5.41) is 4.13. The summed E-state index contributed by atoms with van der Waals surface area (Å²) in [4.78, 5) is 0. The fraction of sp³-hybridized carbons (Fsp3) is 0.625. The molecule has 0 aliphatic heterocycles. The Labute approximate surface area is 86.2 Å². The molecule has 1 aromatic rings. The smallest absolute Gasteiger partial charge is 0.136 e. The lowest BCUT2D eigenvalue weighted by Crippen LogP contribution is -2.15. The number of hydrogen-bond donors (Lipinski definition) is 1. The van der Waals surface area contributed by atoms with Crippen molar-refractivity contribution in [1.82, 2.24) is 9.78 Å². The van der Waals surface area contributed by atoms with Crippen LogP contribution in [0.4, 0.5) is 5.82 Å². The van der Waals surface area contributed by atoms with Crippen LogP contribution in [0.2, 0.25) is 0 Å². The highest BCUT2D eigenvalue weighted by atomic mass is 79.9. The number of rotatable bonds is 4. The van der Waals surface area contributed by atoms with Crippen molar-refractivity contribution in [3.05, 3.63) is 10.7 Å². The Kier molecular flexibility index (Phi) is 3.74. The first kappa shape index (κ1) is 10.5. The minimum atomic E-state index is 0.416. The van der Waals surface area contributed by atoms with Gasteiger partial charge in [-0.15, -0.1) is 0 Å². The summed E-state index contributed by atoms with van der Waals surface area (Å²) in [7, 11) is 1.69. The maximum Gasteiger partial charge on any atom is 0.136 e. The van der Waals surface area contributed by atoms with Gasteiger partial charge in [-0.1, -0.05) is 6.92 Å². The van der Waals surface area contributed by atoms with Gasteiger partial charge < -0.3 is 10.5 Å². The summed E-state index contributed by atoms with van der Waals surface area (Å²) in [6.45, 7) is 3.60. The van der Waals surface area contributed by atoms with Gasteiger partial charge in [0.05, 0.1) is 17.3 Å². The van der Waals surface area contributed by atoms with Crippen LogP contribution in [0.1, 0.15) is 6.92 Å². The van der Waals surface area contributed by atoms with Gasteiger partial charge >= 0.3 is 0 Å². The van der Waals surface area contributed by atoms with E-state index in [2.05, 4.69) is 28.0 Å². The number of hydrogen-bond acceptors (Lipinski definition) is 3. The fourth-order valence-electron chi connectivity index (χ4n) is 1.15. The van der Waals surface area contributed by atoms with Gasteiger partial charge in [0, 0.05) is 13.7 Å². The van der Waals surface area contributed by atoms with Gasteiger partial charge in [0.25, 0.3) is 0 Å². The van der Waals surface area contributed by atoms with E-state index < -0.39 is 0 Å². The van der Waals surface area contributed by atoms with Crippen LogP contribution in [0.5, 0.6) is 0 Å². The SMILES string of the molecule is COCC(C)Cn1ncc(Br)c1N. The van der Waals surface area contributed by atoms with Crippen molar-refractivity contribution in [2.45, 2.75) is 13.5 Å². The fourth-order valence-corrected chi connectivity index (χ4v) is 1.45. The largest absolute Gasteiger partial charge is 0.384 e. The van der Waals surface area contributed by atoms with E-state index in [9.17, 15) is 0 Å². The third-order valence-electron chi connectivity index (χ3n) is 1.77. The Morgan fingerprint density at radius 1 is 1.77 bits per heavy atom. The first-order valence-corrected chi connectivity index (χ1v) is 4.90. The second-order valence-corrected chi connectivity index (χ2v) is 3.97. The molecule has 0 fully saturated rings. The van der Waals surface area contributed by atoms with Crippen LogP contribution < -0.4 is 5.73 Å². The molecule has 0 amide bonds. The molecular formula is C8H14BrN3O. The Hall–Kier alpha value is -0.550. The Bertz CT molecular complexity index is 274. The number of halogens is 1. The molecule has 0 aromatic carbocycles.